The minimum absolute atomic E-state index is 0.0493. The Kier molecular flexibility index (Phi) is 4.27. The van der Waals surface area contributed by atoms with Crippen molar-refractivity contribution >= 4 is 11.7 Å². The second-order valence-electron chi connectivity index (χ2n) is 6.10. The first kappa shape index (κ1) is 16.1. The van der Waals surface area contributed by atoms with Gasteiger partial charge in [0, 0.05) is 24.6 Å². The Labute approximate surface area is 150 Å². The molecule has 7 nitrogen and oxygen atoms in total. The van der Waals surface area contributed by atoms with Crippen molar-refractivity contribution < 1.29 is 14.1 Å². The summed E-state index contributed by atoms with van der Waals surface area (Å²) in [5.74, 6) is 1.88. The van der Waals surface area contributed by atoms with E-state index < -0.39 is 0 Å². The van der Waals surface area contributed by atoms with E-state index in [1.165, 1.54) is 5.56 Å². The van der Waals surface area contributed by atoms with Crippen molar-refractivity contribution in [2.75, 3.05) is 11.9 Å². The van der Waals surface area contributed by atoms with E-state index in [9.17, 15) is 4.79 Å². The third-order valence-corrected chi connectivity index (χ3v) is 4.11. The molecule has 2 amide bonds. The Morgan fingerprint density at radius 3 is 2.92 bits per heavy atom. The van der Waals surface area contributed by atoms with Crippen molar-refractivity contribution in [3.63, 3.8) is 0 Å². The van der Waals surface area contributed by atoms with Crippen molar-refractivity contribution in [2.24, 2.45) is 0 Å². The maximum atomic E-state index is 12.2. The van der Waals surface area contributed by atoms with E-state index in [4.69, 9.17) is 9.26 Å². The summed E-state index contributed by atoms with van der Waals surface area (Å²) in [4.78, 5) is 16.4. The lowest BCUT2D eigenvalue weighted by atomic mass is 10.1. The number of ether oxygens (including phenoxy) is 1. The molecule has 2 aromatic carbocycles. The second kappa shape index (κ2) is 6.87. The Bertz CT molecular complexity index is 913. The number of para-hydroxylation sites is 1. The van der Waals surface area contributed by atoms with E-state index in [0.29, 0.717) is 23.9 Å². The molecule has 2 N–H and O–H groups in total. The molecular formula is C19H18N4O3. The van der Waals surface area contributed by atoms with Gasteiger partial charge in [0.2, 0.25) is 11.7 Å². The molecular weight excluding hydrogens is 332 g/mol. The number of rotatable bonds is 4. The zero-order chi connectivity index (χ0) is 17.9. The predicted molar refractivity (Wildman–Crippen MR) is 96.1 cm³/mol. The molecule has 1 aliphatic heterocycles. The van der Waals surface area contributed by atoms with Gasteiger partial charge < -0.3 is 19.9 Å². The number of fused-ring (bicyclic) bond motifs is 1. The van der Waals surface area contributed by atoms with Crippen LogP contribution in [0.5, 0.6) is 5.75 Å². The highest BCUT2D eigenvalue weighted by atomic mass is 16.5. The molecule has 3 aromatic rings. The number of nitrogens with one attached hydrogen (secondary N) is 2. The average molecular weight is 350 g/mol. The molecule has 1 unspecified atom stereocenters. The molecule has 0 saturated carbocycles. The molecule has 1 aliphatic rings. The van der Waals surface area contributed by atoms with Crippen molar-refractivity contribution in [1.29, 1.82) is 0 Å². The third kappa shape index (κ3) is 3.51. The Hall–Kier alpha value is -3.35. The number of benzene rings is 2. The van der Waals surface area contributed by atoms with Crippen LogP contribution >= 0.6 is 0 Å². The minimum Gasteiger partial charge on any atom is -0.488 e. The van der Waals surface area contributed by atoms with Crippen LogP contribution in [0.15, 0.2) is 53.1 Å². The predicted octanol–water partition coefficient (Wildman–Crippen LogP) is 3.17. The SMILES string of the molecule is Cc1nc(-c2cccc(NC(=O)NCC3Cc4ccccc4O3)c2)no1. The molecule has 0 radical (unpaired) electrons. The average Bonchev–Trinajstić information content (AvgIpc) is 3.26. The van der Waals surface area contributed by atoms with Crippen LogP contribution in [0.25, 0.3) is 11.4 Å². The van der Waals surface area contributed by atoms with Crippen LogP contribution in [-0.4, -0.2) is 28.8 Å². The fourth-order valence-electron chi connectivity index (χ4n) is 2.90. The van der Waals surface area contributed by atoms with Crippen LogP contribution in [0, 0.1) is 6.92 Å². The van der Waals surface area contributed by atoms with Gasteiger partial charge in [0.15, 0.2) is 0 Å². The number of nitrogens with zero attached hydrogens (tertiary/aromatic N) is 2. The molecule has 1 atom stereocenters. The van der Waals surface area contributed by atoms with Gasteiger partial charge in [-0.3, -0.25) is 0 Å². The molecule has 2 heterocycles. The van der Waals surface area contributed by atoms with Gasteiger partial charge in [0.25, 0.3) is 0 Å². The molecule has 132 valence electrons. The lowest BCUT2D eigenvalue weighted by molar-refractivity contribution is 0.219. The van der Waals surface area contributed by atoms with Crippen LogP contribution in [-0.2, 0) is 6.42 Å². The van der Waals surface area contributed by atoms with Crippen molar-refractivity contribution in [1.82, 2.24) is 15.5 Å². The van der Waals surface area contributed by atoms with Gasteiger partial charge in [-0.15, -0.1) is 0 Å². The Morgan fingerprint density at radius 2 is 2.12 bits per heavy atom. The van der Waals surface area contributed by atoms with E-state index in [1.807, 2.05) is 36.4 Å². The number of amides is 2. The van der Waals surface area contributed by atoms with Crippen LogP contribution in [0.1, 0.15) is 11.5 Å². The van der Waals surface area contributed by atoms with Gasteiger partial charge in [0.1, 0.15) is 11.9 Å². The molecule has 0 aliphatic carbocycles. The zero-order valence-corrected chi connectivity index (χ0v) is 14.2. The fourth-order valence-corrected chi connectivity index (χ4v) is 2.90. The smallest absolute Gasteiger partial charge is 0.319 e. The van der Waals surface area contributed by atoms with E-state index in [2.05, 4.69) is 20.8 Å². The molecule has 1 aromatic heterocycles. The number of carbonyl (C=O) groups is 1. The summed E-state index contributed by atoms with van der Waals surface area (Å²) in [6, 6.07) is 14.9. The largest absolute Gasteiger partial charge is 0.488 e. The van der Waals surface area contributed by atoms with E-state index in [-0.39, 0.29) is 12.1 Å². The Morgan fingerprint density at radius 1 is 1.23 bits per heavy atom. The highest BCUT2D eigenvalue weighted by Crippen LogP contribution is 2.27. The number of aromatic nitrogens is 2. The lowest BCUT2D eigenvalue weighted by Gasteiger charge is -2.13. The summed E-state index contributed by atoms with van der Waals surface area (Å²) >= 11 is 0. The molecule has 4 rings (SSSR count). The lowest BCUT2D eigenvalue weighted by Crippen LogP contribution is -2.37. The monoisotopic (exact) mass is 350 g/mol. The fraction of sp³-hybridized carbons (Fsp3) is 0.211. The van der Waals surface area contributed by atoms with Gasteiger partial charge in [-0.1, -0.05) is 35.5 Å². The van der Waals surface area contributed by atoms with Crippen molar-refractivity contribution in [3.05, 3.63) is 60.0 Å². The van der Waals surface area contributed by atoms with Crippen LogP contribution in [0.3, 0.4) is 0 Å². The van der Waals surface area contributed by atoms with Crippen LogP contribution in [0.2, 0.25) is 0 Å². The summed E-state index contributed by atoms with van der Waals surface area (Å²) < 4.78 is 10.8. The molecule has 0 fully saturated rings. The summed E-state index contributed by atoms with van der Waals surface area (Å²) in [7, 11) is 0. The molecule has 26 heavy (non-hydrogen) atoms. The number of hydrogen-bond acceptors (Lipinski definition) is 5. The molecule has 0 saturated heterocycles. The molecule has 0 bridgehead atoms. The minimum atomic E-state index is -0.286. The van der Waals surface area contributed by atoms with Crippen molar-refractivity contribution in [3.8, 4) is 17.1 Å². The number of hydrogen-bond donors (Lipinski definition) is 2. The highest BCUT2D eigenvalue weighted by molar-refractivity contribution is 5.89. The summed E-state index contributed by atoms with van der Waals surface area (Å²) in [6.45, 7) is 2.17. The van der Waals surface area contributed by atoms with Gasteiger partial charge in [-0.25, -0.2) is 4.79 Å². The maximum Gasteiger partial charge on any atom is 0.319 e. The van der Waals surface area contributed by atoms with Gasteiger partial charge >= 0.3 is 6.03 Å². The zero-order valence-electron chi connectivity index (χ0n) is 14.2. The van der Waals surface area contributed by atoms with Gasteiger partial charge in [0.05, 0.1) is 6.54 Å². The first-order chi connectivity index (χ1) is 12.7. The number of carbonyl (C=O) groups excluding carboxylic acids is 1. The van der Waals surface area contributed by atoms with Gasteiger partial charge in [-0.2, -0.15) is 4.98 Å². The molecule has 7 heteroatoms. The Balaban J connectivity index is 1.33. The van der Waals surface area contributed by atoms with E-state index in [0.717, 1.165) is 17.7 Å². The van der Waals surface area contributed by atoms with E-state index in [1.54, 1.807) is 19.1 Å². The van der Waals surface area contributed by atoms with Crippen molar-refractivity contribution in [2.45, 2.75) is 19.4 Å². The first-order valence-electron chi connectivity index (χ1n) is 8.37. The van der Waals surface area contributed by atoms with Crippen LogP contribution in [0.4, 0.5) is 10.5 Å². The normalized spacial score (nSPS) is 15.2. The van der Waals surface area contributed by atoms with Crippen LogP contribution < -0.4 is 15.4 Å². The second-order valence-corrected chi connectivity index (χ2v) is 6.10. The quantitative estimate of drug-likeness (QED) is 0.754. The highest BCUT2D eigenvalue weighted by Gasteiger charge is 2.22. The summed E-state index contributed by atoms with van der Waals surface area (Å²) in [5, 5.41) is 9.54. The van der Waals surface area contributed by atoms with Gasteiger partial charge in [-0.05, 0) is 23.8 Å². The number of urea groups is 1. The standard InChI is InChI=1S/C19H18N4O3/c1-12-21-18(23-26-12)14-6-4-7-15(9-14)22-19(24)20-11-16-10-13-5-2-3-8-17(13)25-16/h2-9,16H,10-11H2,1H3,(H2,20,22,24). The first-order valence-corrected chi connectivity index (χ1v) is 8.37. The number of aryl methyl sites for hydroxylation is 1. The topological polar surface area (TPSA) is 89.3 Å². The third-order valence-electron chi connectivity index (χ3n) is 4.11. The number of anilines is 1. The maximum absolute atomic E-state index is 12.2. The summed E-state index contributed by atoms with van der Waals surface area (Å²) in [6.07, 6.45) is 0.745. The summed E-state index contributed by atoms with van der Waals surface area (Å²) in [5.41, 5.74) is 2.59. The van der Waals surface area contributed by atoms with E-state index >= 15 is 0 Å². The molecule has 0 spiro atoms.